The molecular weight excluding hydrogens is 642 g/mol. The number of carbonyl (C=O) groups is 2. The maximum Gasteiger partial charge on any atom is 0.289 e. The normalized spacial score (nSPS) is 18.1. The molecule has 0 saturated carbocycles. The van der Waals surface area contributed by atoms with Gasteiger partial charge in [-0.25, -0.2) is 23.7 Å². The number of halogens is 2. The average Bonchev–Trinajstić information content (AvgIpc) is 3.90. The molecule has 0 spiro atoms. The van der Waals surface area contributed by atoms with Crippen LogP contribution in [0.5, 0.6) is 5.75 Å². The van der Waals surface area contributed by atoms with Crippen molar-refractivity contribution in [2.24, 2.45) is 0 Å². The average molecular weight is 675 g/mol. The first kappa shape index (κ1) is 31.2. The molecule has 0 radical (unpaired) electrons. The summed E-state index contributed by atoms with van der Waals surface area (Å²) in [4.78, 5) is 47.2. The molecule has 2 atom stereocenters. The van der Waals surface area contributed by atoms with E-state index in [9.17, 15) is 18.4 Å². The van der Waals surface area contributed by atoms with E-state index < -0.39 is 17.7 Å². The third kappa shape index (κ3) is 5.91. The van der Waals surface area contributed by atoms with Crippen molar-refractivity contribution in [2.75, 3.05) is 31.1 Å². The molecule has 2 aliphatic rings. The zero-order valence-corrected chi connectivity index (χ0v) is 26.8. The number of fused-ring (bicyclic) bond motifs is 7. The zero-order valence-electron chi connectivity index (χ0n) is 26.8. The van der Waals surface area contributed by atoms with Gasteiger partial charge in [0.2, 0.25) is 5.91 Å². The van der Waals surface area contributed by atoms with Crippen molar-refractivity contribution in [3.8, 4) is 28.3 Å². The summed E-state index contributed by atoms with van der Waals surface area (Å²) in [5, 5.41) is 3.04. The molecule has 5 heterocycles. The van der Waals surface area contributed by atoms with Gasteiger partial charge in [-0.3, -0.25) is 14.0 Å². The Morgan fingerprint density at radius 2 is 1.84 bits per heavy atom. The number of amides is 2. The molecule has 1 saturated heterocycles. The molecule has 2 aliphatic heterocycles. The van der Waals surface area contributed by atoms with Crippen molar-refractivity contribution in [3.05, 3.63) is 121 Å². The third-order valence-corrected chi connectivity index (χ3v) is 9.23. The Morgan fingerprint density at radius 1 is 0.940 bits per heavy atom. The van der Waals surface area contributed by atoms with E-state index in [0.29, 0.717) is 43.0 Å². The van der Waals surface area contributed by atoms with Crippen LogP contribution in [0.15, 0.2) is 97.7 Å². The van der Waals surface area contributed by atoms with E-state index >= 15 is 0 Å². The number of aromatic nitrogens is 5. The first-order valence-corrected chi connectivity index (χ1v) is 16.4. The van der Waals surface area contributed by atoms with Gasteiger partial charge in [0.05, 0.1) is 18.3 Å². The van der Waals surface area contributed by atoms with Crippen molar-refractivity contribution in [3.63, 3.8) is 0 Å². The van der Waals surface area contributed by atoms with Gasteiger partial charge in [0.25, 0.3) is 5.91 Å². The van der Waals surface area contributed by atoms with Crippen LogP contribution in [-0.2, 0) is 11.2 Å². The maximum absolute atomic E-state index is 14.8. The maximum atomic E-state index is 14.8. The molecule has 3 aromatic carbocycles. The Kier molecular flexibility index (Phi) is 8.15. The van der Waals surface area contributed by atoms with Crippen molar-refractivity contribution in [2.45, 2.75) is 25.0 Å². The molecule has 4 bridgehead atoms. The van der Waals surface area contributed by atoms with Crippen LogP contribution in [0.1, 0.15) is 22.6 Å². The number of ether oxygens (including phenoxy) is 1. The highest BCUT2D eigenvalue weighted by molar-refractivity contribution is 5.91. The Hall–Kier alpha value is -6.11. The number of rotatable bonds is 3. The molecule has 2 unspecified atom stereocenters. The number of carbonyl (C=O) groups excluding carboxylic acids is 2. The minimum atomic E-state index is -0.740. The molecule has 13 heteroatoms. The summed E-state index contributed by atoms with van der Waals surface area (Å²) in [6.45, 7) is 1.21. The molecule has 50 heavy (non-hydrogen) atoms. The number of H-pyrrole nitrogens is 1. The van der Waals surface area contributed by atoms with Crippen molar-refractivity contribution >= 4 is 23.1 Å². The first-order chi connectivity index (χ1) is 24.4. The van der Waals surface area contributed by atoms with Crippen LogP contribution >= 0.6 is 0 Å². The third-order valence-electron chi connectivity index (χ3n) is 9.23. The highest BCUT2D eigenvalue weighted by Crippen LogP contribution is 2.34. The Morgan fingerprint density at radius 3 is 2.70 bits per heavy atom. The van der Waals surface area contributed by atoms with Crippen molar-refractivity contribution < 1.29 is 23.1 Å². The van der Waals surface area contributed by atoms with Crippen LogP contribution in [0.2, 0.25) is 0 Å². The Balaban J connectivity index is 1.16. The molecular formula is C37H32F2N8O3. The fourth-order valence-electron chi connectivity index (χ4n) is 6.85. The van der Waals surface area contributed by atoms with Gasteiger partial charge in [0.15, 0.2) is 11.6 Å². The minimum absolute atomic E-state index is 0.132. The lowest BCUT2D eigenvalue weighted by Crippen LogP contribution is -2.46. The van der Waals surface area contributed by atoms with Gasteiger partial charge in [-0.1, -0.05) is 36.4 Å². The van der Waals surface area contributed by atoms with Crippen LogP contribution in [0, 0.1) is 11.6 Å². The predicted molar refractivity (Wildman–Crippen MR) is 182 cm³/mol. The molecule has 8 rings (SSSR count). The van der Waals surface area contributed by atoms with E-state index in [0.717, 1.165) is 22.8 Å². The fraction of sp³-hybridized carbons (Fsp3) is 0.216. The van der Waals surface area contributed by atoms with Crippen LogP contribution in [-0.4, -0.2) is 79.4 Å². The molecule has 252 valence electrons. The molecule has 1 fully saturated rings. The van der Waals surface area contributed by atoms with Gasteiger partial charge < -0.3 is 24.8 Å². The predicted octanol–water partition coefficient (Wildman–Crippen LogP) is 4.91. The summed E-state index contributed by atoms with van der Waals surface area (Å²) in [6, 6.07) is 18.6. The van der Waals surface area contributed by atoms with Gasteiger partial charge in [-0.2, -0.15) is 0 Å². The monoisotopic (exact) mass is 674 g/mol. The first-order valence-electron chi connectivity index (χ1n) is 16.4. The van der Waals surface area contributed by atoms with E-state index in [-0.39, 0.29) is 48.2 Å². The topological polar surface area (TPSA) is 121 Å². The van der Waals surface area contributed by atoms with Gasteiger partial charge in [-0.05, 0) is 47.4 Å². The smallest absolute Gasteiger partial charge is 0.289 e. The number of benzene rings is 3. The highest BCUT2D eigenvalue weighted by Gasteiger charge is 2.40. The number of nitrogens with one attached hydrogen (secondary N) is 2. The van der Waals surface area contributed by atoms with E-state index in [1.54, 1.807) is 34.1 Å². The Labute approximate surface area is 285 Å². The van der Waals surface area contributed by atoms with Gasteiger partial charge in [0, 0.05) is 56.9 Å². The number of hydrogen-bond acceptors (Lipinski definition) is 7. The van der Waals surface area contributed by atoms with Crippen LogP contribution in [0.3, 0.4) is 0 Å². The zero-order chi connectivity index (χ0) is 34.2. The summed E-state index contributed by atoms with van der Waals surface area (Å²) in [7, 11) is 0. The van der Waals surface area contributed by atoms with Gasteiger partial charge in [0.1, 0.15) is 40.9 Å². The van der Waals surface area contributed by atoms with Crippen LogP contribution in [0.4, 0.5) is 14.6 Å². The minimum Gasteiger partial charge on any atom is -0.488 e. The standard InChI is InChI=1S/C37H32F2N8O3/c38-25-8-9-29(30(39)19-25)34-44-21-32-35(42-14-17-46(32)34)47-22-27-20-31(47)36(48)43-13-16-45(37(49)33-40-11-12-41-33)15-10-23-4-1-2-7-28(23)24-5-3-6-26(18-24)50-27/h1-9,11-12,14,17-19,21,27,31H,10,13,15-16,20,22H2,(H,40,41)(H,43,48). The molecule has 2 N–H and O–H groups in total. The lowest BCUT2D eigenvalue weighted by atomic mass is 9.97. The number of aromatic amines is 1. The second-order valence-electron chi connectivity index (χ2n) is 12.3. The molecule has 0 aliphatic carbocycles. The summed E-state index contributed by atoms with van der Waals surface area (Å²) in [5.74, 6) is -0.296. The summed E-state index contributed by atoms with van der Waals surface area (Å²) >= 11 is 0. The van der Waals surface area contributed by atoms with E-state index in [4.69, 9.17) is 4.74 Å². The van der Waals surface area contributed by atoms with Crippen LogP contribution < -0.4 is 15.0 Å². The Bertz CT molecular complexity index is 2200. The summed E-state index contributed by atoms with van der Waals surface area (Å²) in [5.41, 5.74) is 3.77. The number of anilines is 1. The van der Waals surface area contributed by atoms with E-state index in [2.05, 4.69) is 37.4 Å². The molecule has 6 aromatic rings. The molecule has 3 aromatic heterocycles. The lowest BCUT2D eigenvalue weighted by Gasteiger charge is -2.26. The SMILES string of the molecule is O=C1NCCN(C(=O)c2ncc[nH]2)CCc2ccccc2-c2cccc(c2)OC2CC1N(c1nccn3c(-c4ccc(F)cc4F)ncc13)C2. The molecule has 11 nitrogen and oxygen atoms in total. The second-order valence-corrected chi connectivity index (χ2v) is 12.3. The van der Waals surface area contributed by atoms with Gasteiger partial charge in [-0.15, -0.1) is 0 Å². The lowest BCUT2D eigenvalue weighted by molar-refractivity contribution is -0.122. The second kappa shape index (κ2) is 13.1. The van der Waals surface area contributed by atoms with E-state index in [1.807, 2.05) is 41.3 Å². The summed E-state index contributed by atoms with van der Waals surface area (Å²) < 4.78 is 36.7. The number of imidazole rings is 2. The number of hydrogen-bond donors (Lipinski definition) is 2. The number of nitrogens with zero attached hydrogens (tertiary/aromatic N) is 6. The van der Waals surface area contributed by atoms with Crippen LogP contribution in [0.25, 0.3) is 28.0 Å². The fourth-order valence-corrected chi connectivity index (χ4v) is 6.85. The van der Waals surface area contributed by atoms with Gasteiger partial charge >= 0.3 is 0 Å². The van der Waals surface area contributed by atoms with E-state index in [1.165, 1.54) is 18.3 Å². The summed E-state index contributed by atoms with van der Waals surface area (Å²) in [6.07, 6.45) is 8.50. The largest absolute Gasteiger partial charge is 0.488 e. The van der Waals surface area contributed by atoms with Crippen molar-refractivity contribution in [1.29, 1.82) is 0 Å². The highest BCUT2D eigenvalue weighted by atomic mass is 19.1. The molecule has 2 amide bonds. The quantitative estimate of drug-likeness (QED) is 0.274. The van der Waals surface area contributed by atoms with Crippen molar-refractivity contribution in [1.82, 2.24) is 34.6 Å².